The Bertz CT molecular complexity index is 175. The summed E-state index contributed by atoms with van der Waals surface area (Å²) in [5, 5.41) is 13.0. The molecule has 1 aliphatic rings. The Morgan fingerprint density at radius 2 is 2.07 bits per heavy atom. The quantitative estimate of drug-likeness (QED) is 0.708. The second kappa shape index (κ2) is 4.60. The molecule has 84 valence electrons. The fraction of sp³-hybridized carbons (Fsp3) is 1.00. The van der Waals surface area contributed by atoms with Crippen molar-refractivity contribution in [1.82, 2.24) is 10.2 Å². The van der Waals surface area contributed by atoms with E-state index < -0.39 is 0 Å². The largest absolute Gasteiger partial charge is 0.391 e. The molecule has 0 bridgehead atoms. The topological polar surface area (TPSA) is 35.5 Å². The third kappa shape index (κ3) is 3.23. The van der Waals surface area contributed by atoms with E-state index in [0.717, 1.165) is 25.9 Å². The summed E-state index contributed by atoms with van der Waals surface area (Å²) in [5.74, 6) is 0. The summed E-state index contributed by atoms with van der Waals surface area (Å²) in [7, 11) is 2.14. The predicted molar refractivity (Wildman–Crippen MR) is 59.4 cm³/mol. The summed E-state index contributed by atoms with van der Waals surface area (Å²) in [6.45, 7) is 8.64. The Balaban J connectivity index is 2.26. The highest BCUT2D eigenvalue weighted by molar-refractivity contribution is 4.84. The van der Waals surface area contributed by atoms with Crippen molar-refractivity contribution in [2.24, 2.45) is 0 Å². The highest BCUT2D eigenvalue weighted by Gasteiger charge is 2.25. The van der Waals surface area contributed by atoms with Gasteiger partial charge < -0.3 is 15.3 Å². The highest BCUT2D eigenvalue weighted by atomic mass is 16.3. The number of rotatable bonds is 3. The summed E-state index contributed by atoms with van der Waals surface area (Å²) in [5.41, 5.74) is 0.226. The first-order valence-corrected chi connectivity index (χ1v) is 5.54. The molecule has 0 aromatic rings. The van der Waals surface area contributed by atoms with E-state index in [2.05, 4.69) is 38.0 Å². The molecular formula is C11H24N2O. The van der Waals surface area contributed by atoms with Crippen molar-refractivity contribution in [2.45, 2.75) is 51.3 Å². The molecule has 1 fully saturated rings. The predicted octanol–water partition coefficient (Wildman–Crippen LogP) is 0.830. The van der Waals surface area contributed by atoms with Crippen LogP contribution in [0.4, 0.5) is 0 Å². The van der Waals surface area contributed by atoms with E-state index in [4.69, 9.17) is 0 Å². The molecule has 0 amide bonds. The molecule has 14 heavy (non-hydrogen) atoms. The number of nitrogens with zero attached hydrogens (tertiary/aromatic N) is 1. The fourth-order valence-electron chi connectivity index (χ4n) is 1.72. The summed E-state index contributed by atoms with van der Waals surface area (Å²) in [6, 6.07) is 0.305. The Labute approximate surface area is 87.5 Å². The van der Waals surface area contributed by atoms with Crippen LogP contribution < -0.4 is 5.32 Å². The number of nitrogens with one attached hydrogen (secondary N) is 1. The Morgan fingerprint density at radius 1 is 1.43 bits per heavy atom. The summed E-state index contributed by atoms with van der Waals surface area (Å²) >= 11 is 0. The van der Waals surface area contributed by atoms with Crippen LogP contribution in [0.15, 0.2) is 0 Å². The molecule has 0 spiro atoms. The second-order valence-electron chi connectivity index (χ2n) is 5.30. The van der Waals surface area contributed by atoms with Crippen molar-refractivity contribution >= 4 is 0 Å². The second-order valence-corrected chi connectivity index (χ2v) is 5.30. The lowest BCUT2D eigenvalue weighted by Crippen LogP contribution is -2.42. The SMILES string of the molecule is CN(CCC1NCCC1O)C(C)(C)C. The Morgan fingerprint density at radius 3 is 2.50 bits per heavy atom. The number of hydrogen-bond donors (Lipinski definition) is 2. The van der Waals surface area contributed by atoms with Gasteiger partial charge in [0.15, 0.2) is 0 Å². The third-order valence-corrected chi connectivity index (χ3v) is 3.23. The van der Waals surface area contributed by atoms with Crippen LogP contribution in [-0.4, -0.2) is 47.8 Å². The molecule has 2 unspecified atom stereocenters. The zero-order valence-electron chi connectivity index (χ0n) is 9.88. The maximum absolute atomic E-state index is 9.62. The molecular weight excluding hydrogens is 176 g/mol. The van der Waals surface area contributed by atoms with E-state index in [1.165, 1.54) is 0 Å². The maximum atomic E-state index is 9.62. The van der Waals surface area contributed by atoms with Gasteiger partial charge in [0.05, 0.1) is 6.10 Å². The zero-order chi connectivity index (χ0) is 10.8. The van der Waals surface area contributed by atoms with Crippen LogP contribution in [0.25, 0.3) is 0 Å². The molecule has 2 N–H and O–H groups in total. The normalized spacial score (nSPS) is 28.7. The molecule has 0 aromatic carbocycles. The third-order valence-electron chi connectivity index (χ3n) is 3.23. The van der Waals surface area contributed by atoms with Crippen molar-refractivity contribution < 1.29 is 5.11 Å². The van der Waals surface area contributed by atoms with Crippen LogP contribution in [0.1, 0.15) is 33.6 Å². The molecule has 0 saturated carbocycles. The minimum absolute atomic E-state index is 0.136. The fourth-order valence-corrected chi connectivity index (χ4v) is 1.72. The molecule has 2 atom stereocenters. The number of aliphatic hydroxyl groups excluding tert-OH is 1. The van der Waals surface area contributed by atoms with Crippen LogP contribution in [0.3, 0.4) is 0 Å². The lowest BCUT2D eigenvalue weighted by atomic mass is 10.0. The summed E-state index contributed by atoms with van der Waals surface area (Å²) in [6.07, 6.45) is 1.81. The van der Waals surface area contributed by atoms with Crippen molar-refractivity contribution in [3.05, 3.63) is 0 Å². The Kier molecular flexibility index (Phi) is 3.93. The lowest BCUT2D eigenvalue weighted by molar-refractivity contribution is 0.128. The van der Waals surface area contributed by atoms with E-state index in [-0.39, 0.29) is 11.6 Å². The van der Waals surface area contributed by atoms with Gasteiger partial charge in [-0.15, -0.1) is 0 Å². The van der Waals surface area contributed by atoms with Gasteiger partial charge in [-0.05, 0) is 53.8 Å². The van der Waals surface area contributed by atoms with Gasteiger partial charge in [0.1, 0.15) is 0 Å². The van der Waals surface area contributed by atoms with Crippen LogP contribution >= 0.6 is 0 Å². The van der Waals surface area contributed by atoms with E-state index in [1.807, 2.05) is 0 Å². The van der Waals surface area contributed by atoms with Gasteiger partial charge in [-0.2, -0.15) is 0 Å². The average molecular weight is 200 g/mol. The van der Waals surface area contributed by atoms with Crippen molar-refractivity contribution in [2.75, 3.05) is 20.1 Å². The van der Waals surface area contributed by atoms with E-state index in [0.29, 0.717) is 6.04 Å². The minimum atomic E-state index is -0.136. The molecule has 3 heteroatoms. The summed E-state index contributed by atoms with van der Waals surface area (Å²) in [4.78, 5) is 2.33. The first kappa shape index (κ1) is 12.0. The maximum Gasteiger partial charge on any atom is 0.0705 e. The zero-order valence-corrected chi connectivity index (χ0v) is 9.88. The molecule has 1 saturated heterocycles. The van der Waals surface area contributed by atoms with Crippen molar-refractivity contribution in [3.8, 4) is 0 Å². The van der Waals surface area contributed by atoms with E-state index >= 15 is 0 Å². The average Bonchev–Trinajstić information content (AvgIpc) is 2.45. The molecule has 0 aromatic heterocycles. The molecule has 1 rings (SSSR count). The minimum Gasteiger partial charge on any atom is -0.391 e. The van der Waals surface area contributed by atoms with Gasteiger partial charge in [-0.1, -0.05) is 0 Å². The van der Waals surface area contributed by atoms with Gasteiger partial charge in [-0.3, -0.25) is 0 Å². The number of hydrogen-bond acceptors (Lipinski definition) is 3. The summed E-state index contributed by atoms with van der Waals surface area (Å²) < 4.78 is 0. The van der Waals surface area contributed by atoms with Crippen LogP contribution in [0.2, 0.25) is 0 Å². The molecule has 3 nitrogen and oxygen atoms in total. The molecule has 1 aliphatic heterocycles. The molecule has 1 heterocycles. The monoisotopic (exact) mass is 200 g/mol. The van der Waals surface area contributed by atoms with Gasteiger partial charge >= 0.3 is 0 Å². The van der Waals surface area contributed by atoms with Gasteiger partial charge in [0.2, 0.25) is 0 Å². The van der Waals surface area contributed by atoms with Crippen molar-refractivity contribution in [3.63, 3.8) is 0 Å². The van der Waals surface area contributed by atoms with Crippen LogP contribution in [0.5, 0.6) is 0 Å². The molecule has 0 radical (unpaired) electrons. The van der Waals surface area contributed by atoms with Crippen molar-refractivity contribution in [1.29, 1.82) is 0 Å². The van der Waals surface area contributed by atoms with Gasteiger partial charge in [-0.25, -0.2) is 0 Å². The smallest absolute Gasteiger partial charge is 0.0705 e. The Hall–Kier alpha value is -0.120. The van der Waals surface area contributed by atoms with Crippen LogP contribution in [0, 0.1) is 0 Å². The van der Waals surface area contributed by atoms with Gasteiger partial charge in [0.25, 0.3) is 0 Å². The molecule has 0 aliphatic carbocycles. The highest BCUT2D eigenvalue weighted by Crippen LogP contribution is 2.14. The standard InChI is InChI=1S/C11H24N2O/c1-11(2,3)13(4)8-6-9-10(14)5-7-12-9/h9-10,12,14H,5-8H2,1-4H3. The first-order chi connectivity index (χ1) is 6.41. The number of aliphatic hydroxyl groups is 1. The van der Waals surface area contributed by atoms with Gasteiger partial charge in [0, 0.05) is 11.6 Å². The lowest BCUT2D eigenvalue weighted by Gasteiger charge is -2.33. The van der Waals surface area contributed by atoms with E-state index in [1.54, 1.807) is 0 Å². The first-order valence-electron chi connectivity index (χ1n) is 5.54. The van der Waals surface area contributed by atoms with Crippen LogP contribution in [-0.2, 0) is 0 Å². The van der Waals surface area contributed by atoms with E-state index in [9.17, 15) is 5.11 Å².